The molecule has 1 saturated heterocycles. The molecule has 2 heterocycles. The van der Waals surface area contributed by atoms with Gasteiger partial charge in [0.2, 0.25) is 0 Å². The van der Waals surface area contributed by atoms with E-state index in [-0.39, 0.29) is 11.9 Å². The highest BCUT2D eigenvalue weighted by Gasteiger charge is 2.23. The number of likely N-dealkylation sites (N-methyl/N-ethyl adjacent to an activating group) is 1. The molecule has 4 nitrogen and oxygen atoms in total. The molecule has 4 rings (SSSR count). The maximum Gasteiger partial charge on any atom is 0.252 e. The molecule has 0 radical (unpaired) electrons. The number of benzene rings is 2. The van der Waals surface area contributed by atoms with Crippen LogP contribution in [0.25, 0.3) is 10.1 Å². The molecule has 3 aromatic rings. The van der Waals surface area contributed by atoms with Crippen LogP contribution in [0.5, 0.6) is 0 Å². The van der Waals surface area contributed by atoms with E-state index < -0.39 is 0 Å². The minimum atomic E-state index is -0.0431. The molecule has 0 saturated carbocycles. The molecule has 2 aromatic carbocycles. The molecule has 1 aromatic heterocycles. The van der Waals surface area contributed by atoms with Crippen molar-refractivity contribution in [2.75, 3.05) is 25.0 Å². The highest BCUT2D eigenvalue weighted by atomic mass is 32.1. The van der Waals surface area contributed by atoms with Crippen molar-refractivity contribution in [3.63, 3.8) is 0 Å². The molecule has 1 unspecified atom stereocenters. The third kappa shape index (κ3) is 3.57. The van der Waals surface area contributed by atoms with E-state index in [1.807, 2.05) is 26.0 Å². The van der Waals surface area contributed by atoms with Gasteiger partial charge < -0.3 is 15.5 Å². The number of anilines is 1. The van der Waals surface area contributed by atoms with Crippen LogP contribution in [0.2, 0.25) is 0 Å². The van der Waals surface area contributed by atoms with Gasteiger partial charge in [0.15, 0.2) is 0 Å². The van der Waals surface area contributed by atoms with E-state index >= 15 is 0 Å². The topological polar surface area (TPSA) is 44.4 Å². The van der Waals surface area contributed by atoms with Crippen LogP contribution in [0.1, 0.15) is 34.5 Å². The second kappa shape index (κ2) is 7.33. The first-order valence-electron chi connectivity index (χ1n) is 9.35. The summed E-state index contributed by atoms with van der Waals surface area (Å²) in [5.41, 5.74) is 3.96. The number of carbonyl (C=O) groups is 1. The molecular formula is C22H25N3OS. The third-order valence-corrected chi connectivity index (χ3v) is 6.40. The van der Waals surface area contributed by atoms with Gasteiger partial charge in [0, 0.05) is 36.1 Å². The monoisotopic (exact) mass is 379 g/mol. The molecule has 0 aliphatic carbocycles. The second-order valence-corrected chi connectivity index (χ2v) is 8.28. The second-order valence-electron chi connectivity index (χ2n) is 7.34. The molecule has 5 heteroatoms. The summed E-state index contributed by atoms with van der Waals surface area (Å²) in [6.07, 6.45) is 0. The predicted octanol–water partition coefficient (Wildman–Crippen LogP) is 4.11. The van der Waals surface area contributed by atoms with Crippen molar-refractivity contribution in [2.24, 2.45) is 0 Å². The highest BCUT2D eigenvalue weighted by molar-refractivity contribution is 7.17. The van der Waals surface area contributed by atoms with Crippen LogP contribution in [0, 0.1) is 6.92 Å². The molecule has 27 heavy (non-hydrogen) atoms. The molecule has 1 fully saturated rings. The van der Waals surface area contributed by atoms with E-state index in [2.05, 4.69) is 58.3 Å². The zero-order valence-electron chi connectivity index (χ0n) is 16.0. The van der Waals surface area contributed by atoms with E-state index in [4.69, 9.17) is 0 Å². The number of fused-ring (bicyclic) bond motifs is 1. The van der Waals surface area contributed by atoms with Crippen molar-refractivity contribution < 1.29 is 4.79 Å². The summed E-state index contributed by atoms with van der Waals surface area (Å²) >= 11 is 1.74. The molecule has 2 N–H and O–H groups in total. The number of aryl methyl sites for hydroxylation is 1. The Labute approximate surface area is 164 Å². The lowest BCUT2D eigenvalue weighted by molar-refractivity contribution is 0.0939. The fraction of sp³-hybridized carbons (Fsp3) is 0.318. The first-order chi connectivity index (χ1) is 13.0. The summed E-state index contributed by atoms with van der Waals surface area (Å²) in [4.78, 5) is 15.2. The largest absolute Gasteiger partial charge is 0.369 e. The Morgan fingerprint density at radius 1 is 1.22 bits per heavy atom. The van der Waals surface area contributed by atoms with E-state index in [0.29, 0.717) is 6.04 Å². The molecule has 0 bridgehead atoms. The van der Waals surface area contributed by atoms with Gasteiger partial charge in [-0.05, 0) is 66.1 Å². The van der Waals surface area contributed by atoms with Gasteiger partial charge in [-0.1, -0.05) is 12.1 Å². The first-order valence-corrected chi connectivity index (χ1v) is 10.2. The van der Waals surface area contributed by atoms with Crippen molar-refractivity contribution >= 4 is 33.0 Å². The predicted molar refractivity (Wildman–Crippen MR) is 114 cm³/mol. The fourth-order valence-corrected chi connectivity index (χ4v) is 4.22. The Bertz CT molecular complexity index is 977. The summed E-state index contributed by atoms with van der Waals surface area (Å²) in [6, 6.07) is 15.1. The average molecular weight is 380 g/mol. The number of carbonyl (C=O) groups excluding carboxylic acids is 1. The molecule has 1 aliphatic heterocycles. The van der Waals surface area contributed by atoms with Crippen LogP contribution in [0.3, 0.4) is 0 Å². The van der Waals surface area contributed by atoms with Gasteiger partial charge in [0.05, 0.1) is 12.1 Å². The van der Waals surface area contributed by atoms with Crippen LogP contribution in [0.4, 0.5) is 5.69 Å². The van der Waals surface area contributed by atoms with E-state index in [9.17, 15) is 4.79 Å². The Morgan fingerprint density at radius 2 is 2.04 bits per heavy atom. The normalized spacial score (nSPS) is 15.4. The molecular weight excluding hydrogens is 354 g/mol. The first kappa shape index (κ1) is 18.0. The van der Waals surface area contributed by atoms with Gasteiger partial charge in [-0.3, -0.25) is 4.79 Å². The van der Waals surface area contributed by atoms with E-state index in [1.54, 1.807) is 11.3 Å². The smallest absolute Gasteiger partial charge is 0.252 e. The number of nitrogens with zero attached hydrogens (tertiary/aromatic N) is 1. The number of amides is 1. The maximum absolute atomic E-state index is 13.0. The minimum Gasteiger partial charge on any atom is -0.369 e. The molecule has 1 aliphatic rings. The molecule has 0 spiro atoms. The third-order valence-electron chi connectivity index (χ3n) is 5.50. The summed E-state index contributed by atoms with van der Waals surface area (Å²) in [5.74, 6) is -0.0209. The molecule has 1 amide bonds. The van der Waals surface area contributed by atoms with Crippen molar-refractivity contribution in [3.05, 3.63) is 64.5 Å². The van der Waals surface area contributed by atoms with E-state index in [1.165, 1.54) is 10.1 Å². The molecule has 140 valence electrons. The van der Waals surface area contributed by atoms with Gasteiger partial charge >= 0.3 is 0 Å². The summed E-state index contributed by atoms with van der Waals surface area (Å²) < 4.78 is 1.27. The standard InChI is InChI=1S/C22H25N3OS/c1-14-4-6-18(25(3)19-12-23-13-19)11-20(14)22(26)24-15(2)16-5-7-21-17(10-16)8-9-27-21/h4-11,15,19,23H,12-13H2,1-3H3,(H,24,26). The molecule has 1 atom stereocenters. The van der Waals surface area contributed by atoms with Crippen LogP contribution in [-0.2, 0) is 0 Å². The zero-order valence-corrected chi connectivity index (χ0v) is 16.8. The van der Waals surface area contributed by atoms with Gasteiger partial charge in [-0.2, -0.15) is 0 Å². The fourth-order valence-electron chi connectivity index (χ4n) is 3.44. The number of rotatable bonds is 5. The quantitative estimate of drug-likeness (QED) is 0.701. The van der Waals surface area contributed by atoms with Crippen molar-refractivity contribution in [1.29, 1.82) is 0 Å². The number of thiophene rings is 1. The zero-order chi connectivity index (χ0) is 19.0. The van der Waals surface area contributed by atoms with Crippen LogP contribution < -0.4 is 15.5 Å². The Morgan fingerprint density at radius 3 is 2.78 bits per heavy atom. The Balaban J connectivity index is 1.52. The minimum absolute atomic E-state index is 0.0209. The van der Waals surface area contributed by atoms with Gasteiger partial charge in [-0.15, -0.1) is 11.3 Å². The van der Waals surface area contributed by atoms with Crippen LogP contribution in [-0.4, -0.2) is 32.1 Å². The summed E-state index contributed by atoms with van der Waals surface area (Å²) in [6.45, 7) is 6.02. The van der Waals surface area contributed by atoms with Crippen LogP contribution in [0.15, 0.2) is 47.8 Å². The van der Waals surface area contributed by atoms with Crippen LogP contribution >= 0.6 is 11.3 Å². The lowest BCUT2D eigenvalue weighted by Gasteiger charge is -2.37. The highest BCUT2D eigenvalue weighted by Crippen LogP contribution is 2.26. The van der Waals surface area contributed by atoms with Crippen molar-refractivity contribution in [1.82, 2.24) is 10.6 Å². The Hall–Kier alpha value is -2.37. The maximum atomic E-state index is 13.0. The lowest BCUT2D eigenvalue weighted by atomic mass is 10.0. The number of hydrogen-bond acceptors (Lipinski definition) is 4. The van der Waals surface area contributed by atoms with Crippen molar-refractivity contribution in [3.8, 4) is 0 Å². The SMILES string of the molecule is Cc1ccc(N(C)C2CNC2)cc1C(=O)NC(C)c1ccc2sccc2c1. The van der Waals surface area contributed by atoms with Gasteiger partial charge in [0.1, 0.15) is 0 Å². The summed E-state index contributed by atoms with van der Waals surface area (Å²) in [5, 5.41) is 9.79. The number of hydrogen-bond donors (Lipinski definition) is 2. The lowest BCUT2D eigenvalue weighted by Crippen LogP contribution is -2.56. The van der Waals surface area contributed by atoms with Crippen molar-refractivity contribution in [2.45, 2.75) is 25.9 Å². The number of nitrogens with one attached hydrogen (secondary N) is 2. The van der Waals surface area contributed by atoms with E-state index in [0.717, 1.165) is 35.5 Å². The van der Waals surface area contributed by atoms with Gasteiger partial charge in [-0.25, -0.2) is 0 Å². The average Bonchev–Trinajstić information content (AvgIpc) is 3.08. The summed E-state index contributed by atoms with van der Waals surface area (Å²) in [7, 11) is 2.09. The van der Waals surface area contributed by atoms with Gasteiger partial charge in [0.25, 0.3) is 5.91 Å². The Kier molecular flexibility index (Phi) is 4.89.